The molecule has 35 heavy (non-hydrogen) atoms. The molecule has 0 saturated carbocycles. The molecule has 0 aliphatic carbocycles. The van der Waals surface area contributed by atoms with Crippen LogP contribution in [0.15, 0.2) is 76.4 Å². The highest BCUT2D eigenvalue weighted by Crippen LogP contribution is 2.27. The second-order valence-electron chi connectivity index (χ2n) is 7.52. The SMILES string of the molecule is Cc1c(C(=O)NCc2nnc(SCc3ccc(Br)cc3)n2-c2cccc(Cl)c2)cccc1[N+](=O)[O-]. The van der Waals surface area contributed by atoms with Gasteiger partial charge in [0.1, 0.15) is 0 Å². The fraction of sp³-hybridized carbons (Fsp3) is 0.125. The van der Waals surface area contributed by atoms with E-state index in [1.54, 1.807) is 25.1 Å². The zero-order valence-electron chi connectivity index (χ0n) is 18.4. The zero-order valence-corrected chi connectivity index (χ0v) is 21.6. The summed E-state index contributed by atoms with van der Waals surface area (Å²) in [5, 5.41) is 23.9. The summed E-state index contributed by atoms with van der Waals surface area (Å²) >= 11 is 11.2. The molecule has 1 heterocycles. The standard InChI is InChI=1S/C24H19BrClN5O3S/c1-15-20(6-3-7-21(15)31(33)34)23(32)27-13-22-28-29-24(30(22)19-5-2-4-18(26)12-19)35-14-16-8-10-17(25)11-9-16/h2-12H,13-14H2,1H3,(H,27,32). The number of nitrogens with zero attached hydrogens (tertiary/aromatic N) is 4. The van der Waals surface area contributed by atoms with Gasteiger partial charge >= 0.3 is 0 Å². The number of hydrogen-bond donors (Lipinski definition) is 1. The molecule has 0 fully saturated rings. The van der Waals surface area contributed by atoms with Crippen molar-refractivity contribution in [1.82, 2.24) is 20.1 Å². The van der Waals surface area contributed by atoms with E-state index in [0.717, 1.165) is 15.7 Å². The van der Waals surface area contributed by atoms with Crippen LogP contribution in [0.25, 0.3) is 5.69 Å². The summed E-state index contributed by atoms with van der Waals surface area (Å²) in [6.45, 7) is 1.62. The van der Waals surface area contributed by atoms with Crippen molar-refractivity contribution in [3.05, 3.63) is 109 Å². The van der Waals surface area contributed by atoms with Crippen LogP contribution in [0.2, 0.25) is 5.02 Å². The highest BCUT2D eigenvalue weighted by Gasteiger charge is 2.20. The van der Waals surface area contributed by atoms with Crippen LogP contribution in [-0.2, 0) is 12.3 Å². The van der Waals surface area contributed by atoms with Gasteiger partial charge in [-0.2, -0.15) is 0 Å². The summed E-state index contributed by atoms with van der Waals surface area (Å²) < 4.78 is 2.85. The predicted molar refractivity (Wildman–Crippen MR) is 139 cm³/mol. The molecule has 4 rings (SSSR count). The smallest absolute Gasteiger partial charge is 0.273 e. The molecule has 178 valence electrons. The number of aromatic nitrogens is 3. The van der Waals surface area contributed by atoms with Crippen molar-refractivity contribution in [3.8, 4) is 5.69 Å². The molecule has 1 amide bonds. The fourth-order valence-electron chi connectivity index (χ4n) is 3.43. The summed E-state index contributed by atoms with van der Waals surface area (Å²) in [5.41, 5.74) is 2.31. The van der Waals surface area contributed by atoms with Crippen molar-refractivity contribution < 1.29 is 9.72 Å². The van der Waals surface area contributed by atoms with Gasteiger partial charge in [0.2, 0.25) is 0 Å². The molecule has 11 heteroatoms. The first kappa shape index (κ1) is 24.9. The first-order chi connectivity index (χ1) is 16.8. The molecule has 0 bridgehead atoms. The Morgan fingerprint density at radius 2 is 1.89 bits per heavy atom. The fourth-order valence-corrected chi connectivity index (χ4v) is 4.81. The van der Waals surface area contributed by atoms with E-state index in [0.29, 0.717) is 27.3 Å². The van der Waals surface area contributed by atoms with Crippen LogP contribution in [-0.4, -0.2) is 25.6 Å². The average Bonchev–Trinajstić information content (AvgIpc) is 3.25. The van der Waals surface area contributed by atoms with Crippen LogP contribution >= 0.6 is 39.3 Å². The highest BCUT2D eigenvalue weighted by molar-refractivity contribution is 9.10. The number of hydrogen-bond acceptors (Lipinski definition) is 6. The van der Waals surface area contributed by atoms with Gasteiger partial charge in [0.25, 0.3) is 11.6 Å². The molecule has 0 radical (unpaired) electrons. The Labute approximate surface area is 219 Å². The molecule has 4 aromatic rings. The van der Waals surface area contributed by atoms with Crippen molar-refractivity contribution in [2.75, 3.05) is 0 Å². The van der Waals surface area contributed by atoms with Crippen molar-refractivity contribution >= 4 is 50.9 Å². The number of carbonyl (C=O) groups is 1. The van der Waals surface area contributed by atoms with Gasteiger partial charge in [0, 0.05) is 32.4 Å². The van der Waals surface area contributed by atoms with E-state index in [1.165, 1.54) is 23.9 Å². The van der Waals surface area contributed by atoms with Gasteiger partial charge in [-0.1, -0.05) is 63.6 Å². The number of thioether (sulfide) groups is 1. The lowest BCUT2D eigenvalue weighted by atomic mass is 10.1. The van der Waals surface area contributed by atoms with Crippen molar-refractivity contribution in [2.45, 2.75) is 24.4 Å². The minimum Gasteiger partial charge on any atom is -0.345 e. The predicted octanol–water partition coefficient (Wildman–Crippen LogP) is 6.12. The molecule has 0 atom stereocenters. The molecule has 0 saturated heterocycles. The van der Waals surface area contributed by atoms with Crippen molar-refractivity contribution in [2.24, 2.45) is 0 Å². The lowest BCUT2D eigenvalue weighted by molar-refractivity contribution is -0.385. The van der Waals surface area contributed by atoms with Gasteiger partial charge in [-0.15, -0.1) is 10.2 Å². The summed E-state index contributed by atoms with van der Waals surface area (Å²) in [5.74, 6) is 0.739. The number of nitro benzene ring substituents is 1. The highest BCUT2D eigenvalue weighted by atomic mass is 79.9. The quantitative estimate of drug-likeness (QED) is 0.155. The summed E-state index contributed by atoms with van der Waals surface area (Å²) in [4.78, 5) is 23.6. The van der Waals surface area contributed by atoms with Gasteiger partial charge in [0.05, 0.1) is 17.2 Å². The second kappa shape index (κ2) is 11.0. The van der Waals surface area contributed by atoms with E-state index in [-0.39, 0.29) is 17.8 Å². The molecule has 0 aliphatic rings. The van der Waals surface area contributed by atoms with E-state index >= 15 is 0 Å². The molecule has 0 unspecified atom stereocenters. The lowest BCUT2D eigenvalue weighted by Crippen LogP contribution is -2.25. The van der Waals surface area contributed by atoms with E-state index in [4.69, 9.17) is 11.6 Å². The Balaban J connectivity index is 1.59. The summed E-state index contributed by atoms with van der Waals surface area (Å²) in [6.07, 6.45) is 0. The van der Waals surface area contributed by atoms with Crippen molar-refractivity contribution in [1.29, 1.82) is 0 Å². The van der Waals surface area contributed by atoms with E-state index < -0.39 is 10.8 Å². The maximum atomic E-state index is 12.8. The van der Waals surface area contributed by atoms with Crippen LogP contribution in [0.1, 0.15) is 27.3 Å². The average molecular weight is 573 g/mol. The Morgan fingerprint density at radius 3 is 2.60 bits per heavy atom. The van der Waals surface area contributed by atoms with Crippen LogP contribution in [0.5, 0.6) is 0 Å². The first-order valence-corrected chi connectivity index (χ1v) is 12.6. The summed E-state index contributed by atoms with van der Waals surface area (Å²) in [6, 6.07) is 19.7. The maximum absolute atomic E-state index is 12.8. The molecular weight excluding hydrogens is 554 g/mol. The Kier molecular flexibility index (Phi) is 7.84. The summed E-state index contributed by atoms with van der Waals surface area (Å²) in [7, 11) is 0. The zero-order chi connectivity index (χ0) is 24.9. The van der Waals surface area contributed by atoms with Crippen molar-refractivity contribution in [3.63, 3.8) is 0 Å². The van der Waals surface area contributed by atoms with E-state index in [9.17, 15) is 14.9 Å². The van der Waals surface area contributed by atoms with Crippen LogP contribution in [0, 0.1) is 17.0 Å². The Morgan fingerprint density at radius 1 is 1.14 bits per heavy atom. The lowest BCUT2D eigenvalue weighted by Gasteiger charge is -2.12. The number of carbonyl (C=O) groups excluding carboxylic acids is 1. The molecular formula is C24H19BrClN5O3S. The van der Waals surface area contributed by atoms with Gasteiger partial charge < -0.3 is 5.32 Å². The Hall–Kier alpha value is -3.21. The third-order valence-corrected chi connectivity index (χ3v) is 6.97. The van der Waals surface area contributed by atoms with Crippen LogP contribution in [0.4, 0.5) is 5.69 Å². The molecule has 3 aromatic carbocycles. The second-order valence-corrected chi connectivity index (χ2v) is 9.81. The number of nitro groups is 1. The van der Waals surface area contributed by atoms with Gasteiger partial charge in [-0.25, -0.2) is 0 Å². The van der Waals surface area contributed by atoms with E-state index in [2.05, 4.69) is 31.4 Å². The van der Waals surface area contributed by atoms with Gasteiger partial charge in [-0.3, -0.25) is 19.5 Å². The molecule has 0 spiro atoms. The molecule has 8 nitrogen and oxygen atoms in total. The number of benzene rings is 3. The van der Waals surface area contributed by atoms with Crippen LogP contribution < -0.4 is 5.32 Å². The number of nitrogens with one attached hydrogen (secondary N) is 1. The number of rotatable bonds is 8. The first-order valence-electron chi connectivity index (χ1n) is 10.4. The normalized spacial score (nSPS) is 10.8. The number of halogens is 2. The topological polar surface area (TPSA) is 103 Å². The molecule has 1 N–H and O–H groups in total. The third kappa shape index (κ3) is 5.90. The minimum atomic E-state index is -0.503. The van der Waals surface area contributed by atoms with E-state index in [1.807, 2.05) is 41.0 Å². The Bertz CT molecular complexity index is 1390. The monoisotopic (exact) mass is 571 g/mol. The van der Waals surface area contributed by atoms with Gasteiger partial charge in [0.15, 0.2) is 11.0 Å². The minimum absolute atomic E-state index is 0.0688. The number of amides is 1. The maximum Gasteiger partial charge on any atom is 0.273 e. The van der Waals surface area contributed by atoms with Crippen LogP contribution in [0.3, 0.4) is 0 Å². The largest absolute Gasteiger partial charge is 0.345 e. The third-order valence-electron chi connectivity index (χ3n) is 5.20. The van der Waals surface area contributed by atoms with Gasteiger partial charge in [-0.05, 0) is 48.9 Å². The molecule has 1 aromatic heterocycles. The molecule has 0 aliphatic heterocycles.